The fraction of sp³-hybridized carbons (Fsp3) is 0.938. The molecule has 0 spiro atoms. The van der Waals surface area contributed by atoms with Crippen LogP contribution < -0.4 is 5.32 Å². The molecular weight excluding hydrogens is 252 g/mol. The van der Waals surface area contributed by atoms with Gasteiger partial charge in [0, 0.05) is 31.7 Å². The number of hydrogen-bond donors (Lipinski definition) is 1. The fourth-order valence-electron chi connectivity index (χ4n) is 3.76. The molecule has 1 saturated heterocycles. The quantitative estimate of drug-likeness (QED) is 0.778. The molecule has 2 rings (SSSR count). The van der Waals surface area contributed by atoms with E-state index in [0.717, 1.165) is 38.9 Å². The average molecular weight is 282 g/mol. The van der Waals surface area contributed by atoms with Crippen LogP contribution in [0.5, 0.6) is 0 Å². The monoisotopic (exact) mass is 282 g/mol. The molecule has 1 saturated carbocycles. The molecule has 0 radical (unpaired) electrons. The Morgan fingerprint density at radius 1 is 1.35 bits per heavy atom. The van der Waals surface area contributed by atoms with E-state index in [4.69, 9.17) is 4.74 Å². The maximum Gasteiger partial charge on any atom is 0.228 e. The van der Waals surface area contributed by atoms with Gasteiger partial charge in [0.05, 0.1) is 6.61 Å². The zero-order valence-corrected chi connectivity index (χ0v) is 13.1. The molecule has 0 aromatic heterocycles. The largest absolute Gasteiger partial charge is 0.383 e. The van der Waals surface area contributed by atoms with Crippen LogP contribution in [0.15, 0.2) is 0 Å². The van der Waals surface area contributed by atoms with Crippen LogP contribution in [0.3, 0.4) is 0 Å². The molecule has 0 bridgehead atoms. The van der Waals surface area contributed by atoms with Gasteiger partial charge in [0.15, 0.2) is 0 Å². The third-order valence-corrected chi connectivity index (χ3v) is 5.15. The van der Waals surface area contributed by atoms with Gasteiger partial charge in [-0.25, -0.2) is 0 Å². The van der Waals surface area contributed by atoms with E-state index in [0.29, 0.717) is 18.6 Å². The van der Waals surface area contributed by atoms with E-state index < -0.39 is 0 Å². The first kappa shape index (κ1) is 15.8. The minimum absolute atomic E-state index is 0.0770. The van der Waals surface area contributed by atoms with Crippen LogP contribution in [-0.2, 0) is 9.53 Å². The summed E-state index contributed by atoms with van der Waals surface area (Å²) in [6, 6.07) is 0.478. The summed E-state index contributed by atoms with van der Waals surface area (Å²) in [7, 11) is 1.71. The van der Waals surface area contributed by atoms with E-state index in [1.165, 1.54) is 25.7 Å². The van der Waals surface area contributed by atoms with Gasteiger partial charge in [-0.3, -0.25) is 4.79 Å². The number of nitrogens with zero attached hydrogens (tertiary/aromatic N) is 1. The van der Waals surface area contributed by atoms with Gasteiger partial charge in [-0.2, -0.15) is 0 Å². The standard InChI is InChI=1S/C16H30N2O2/c1-3-16(8-4-5-9-16)15(19)18(11-12-20-2)13-14-7-6-10-17-14/h14,17H,3-13H2,1-2H3. The van der Waals surface area contributed by atoms with Crippen molar-refractivity contribution in [2.45, 2.75) is 57.9 Å². The molecule has 2 aliphatic rings. The Balaban J connectivity index is 2.01. The van der Waals surface area contributed by atoms with Gasteiger partial charge in [0.2, 0.25) is 5.91 Å². The molecule has 1 atom stereocenters. The van der Waals surface area contributed by atoms with Crippen molar-refractivity contribution in [1.29, 1.82) is 0 Å². The second-order valence-corrected chi connectivity index (χ2v) is 6.38. The van der Waals surface area contributed by atoms with Crippen LogP contribution >= 0.6 is 0 Å². The van der Waals surface area contributed by atoms with Crippen molar-refractivity contribution in [3.8, 4) is 0 Å². The summed E-state index contributed by atoms with van der Waals surface area (Å²) in [4.78, 5) is 15.1. The van der Waals surface area contributed by atoms with Gasteiger partial charge in [-0.05, 0) is 38.6 Å². The number of methoxy groups -OCH3 is 1. The van der Waals surface area contributed by atoms with Gasteiger partial charge in [-0.1, -0.05) is 19.8 Å². The molecule has 1 aliphatic heterocycles. The Morgan fingerprint density at radius 3 is 2.65 bits per heavy atom. The molecule has 1 heterocycles. The van der Waals surface area contributed by atoms with Gasteiger partial charge in [-0.15, -0.1) is 0 Å². The molecule has 1 aliphatic carbocycles. The smallest absolute Gasteiger partial charge is 0.228 e. The highest BCUT2D eigenvalue weighted by Gasteiger charge is 2.42. The van der Waals surface area contributed by atoms with Crippen molar-refractivity contribution in [3.05, 3.63) is 0 Å². The number of carbonyl (C=O) groups excluding carboxylic acids is 1. The van der Waals surface area contributed by atoms with Gasteiger partial charge in [0.1, 0.15) is 0 Å². The van der Waals surface area contributed by atoms with E-state index >= 15 is 0 Å². The lowest BCUT2D eigenvalue weighted by Gasteiger charge is -2.35. The Kier molecular flexibility index (Phi) is 5.85. The SMILES string of the molecule is CCC1(C(=O)N(CCOC)CC2CCCN2)CCCC1. The summed E-state index contributed by atoms with van der Waals surface area (Å²) in [5.41, 5.74) is -0.0770. The van der Waals surface area contributed by atoms with E-state index in [1.807, 2.05) is 0 Å². The Morgan fingerprint density at radius 2 is 2.10 bits per heavy atom. The number of nitrogens with one attached hydrogen (secondary N) is 1. The summed E-state index contributed by atoms with van der Waals surface area (Å²) in [5.74, 6) is 0.378. The van der Waals surface area contributed by atoms with E-state index in [9.17, 15) is 4.79 Å². The minimum Gasteiger partial charge on any atom is -0.383 e. The highest BCUT2D eigenvalue weighted by atomic mass is 16.5. The lowest BCUT2D eigenvalue weighted by atomic mass is 9.81. The summed E-state index contributed by atoms with van der Waals surface area (Å²) in [5, 5.41) is 3.50. The van der Waals surface area contributed by atoms with Gasteiger partial charge < -0.3 is 15.0 Å². The third kappa shape index (κ3) is 3.53. The number of carbonyl (C=O) groups is 1. The number of rotatable bonds is 7. The summed E-state index contributed by atoms with van der Waals surface area (Å²) in [6.45, 7) is 5.49. The molecule has 1 N–H and O–H groups in total. The maximum atomic E-state index is 13.0. The van der Waals surface area contributed by atoms with Crippen molar-refractivity contribution in [2.24, 2.45) is 5.41 Å². The molecule has 1 unspecified atom stereocenters. The van der Waals surface area contributed by atoms with Gasteiger partial charge >= 0.3 is 0 Å². The van der Waals surface area contributed by atoms with E-state index in [2.05, 4.69) is 17.1 Å². The zero-order valence-electron chi connectivity index (χ0n) is 13.1. The summed E-state index contributed by atoms with van der Waals surface area (Å²) >= 11 is 0. The molecule has 116 valence electrons. The highest BCUT2D eigenvalue weighted by molar-refractivity contribution is 5.83. The lowest BCUT2D eigenvalue weighted by molar-refractivity contribution is -0.143. The van der Waals surface area contributed by atoms with Crippen molar-refractivity contribution in [1.82, 2.24) is 10.2 Å². The number of ether oxygens (including phenoxy) is 1. The topological polar surface area (TPSA) is 41.6 Å². The predicted molar refractivity (Wildman–Crippen MR) is 80.7 cm³/mol. The van der Waals surface area contributed by atoms with E-state index in [-0.39, 0.29) is 5.41 Å². The van der Waals surface area contributed by atoms with Crippen LogP contribution in [0.25, 0.3) is 0 Å². The molecule has 20 heavy (non-hydrogen) atoms. The Hall–Kier alpha value is -0.610. The van der Waals surface area contributed by atoms with Crippen LogP contribution in [0, 0.1) is 5.41 Å². The first-order chi connectivity index (χ1) is 9.72. The van der Waals surface area contributed by atoms with Crippen molar-refractivity contribution >= 4 is 5.91 Å². The second kappa shape index (κ2) is 7.41. The average Bonchev–Trinajstić information content (AvgIpc) is 3.14. The van der Waals surface area contributed by atoms with Crippen molar-refractivity contribution in [3.63, 3.8) is 0 Å². The second-order valence-electron chi connectivity index (χ2n) is 6.38. The third-order valence-electron chi connectivity index (χ3n) is 5.15. The summed E-state index contributed by atoms with van der Waals surface area (Å²) < 4.78 is 5.20. The van der Waals surface area contributed by atoms with Crippen molar-refractivity contribution in [2.75, 3.05) is 33.4 Å². The number of amides is 1. The fourth-order valence-corrected chi connectivity index (χ4v) is 3.76. The molecule has 4 nitrogen and oxygen atoms in total. The van der Waals surface area contributed by atoms with Crippen LogP contribution in [-0.4, -0.2) is 50.2 Å². The highest BCUT2D eigenvalue weighted by Crippen LogP contribution is 2.42. The first-order valence-corrected chi connectivity index (χ1v) is 8.23. The number of hydrogen-bond acceptors (Lipinski definition) is 3. The van der Waals surface area contributed by atoms with Gasteiger partial charge in [0.25, 0.3) is 0 Å². The van der Waals surface area contributed by atoms with Crippen LogP contribution in [0.4, 0.5) is 0 Å². The van der Waals surface area contributed by atoms with Crippen LogP contribution in [0.2, 0.25) is 0 Å². The summed E-state index contributed by atoms with van der Waals surface area (Å²) in [6.07, 6.45) is 7.96. The van der Waals surface area contributed by atoms with Crippen LogP contribution in [0.1, 0.15) is 51.9 Å². The first-order valence-electron chi connectivity index (χ1n) is 8.23. The van der Waals surface area contributed by atoms with Crippen molar-refractivity contribution < 1.29 is 9.53 Å². The van der Waals surface area contributed by atoms with E-state index in [1.54, 1.807) is 7.11 Å². The minimum atomic E-state index is -0.0770. The predicted octanol–water partition coefficient (Wildman–Crippen LogP) is 2.18. The molecular formula is C16H30N2O2. The molecule has 1 amide bonds. The maximum absolute atomic E-state index is 13.0. The molecule has 0 aromatic carbocycles. The molecule has 4 heteroatoms. The lowest BCUT2D eigenvalue weighted by Crippen LogP contribution is -2.48. The Bertz CT molecular complexity index is 308. The molecule has 2 fully saturated rings. The normalized spacial score (nSPS) is 25.0. The zero-order chi connectivity index (χ0) is 14.4. The molecule has 0 aromatic rings. The Labute approximate surface area is 123 Å².